The number of ether oxygens (including phenoxy) is 1. The summed E-state index contributed by atoms with van der Waals surface area (Å²) >= 11 is 0. The number of sulfonamides is 1. The molecule has 1 aromatic rings. The fourth-order valence-corrected chi connectivity index (χ4v) is 3.61. The van der Waals surface area contributed by atoms with E-state index < -0.39 is 10.0 Å². The third-order valence-electron chi connectivity index (χ3n) is 3.79. The Kier molecular flexibility index (Phi) is 4.80. The monoisotopic (exact) mass is 298 g/mol. The van der Waals surface area contributed by atoms with Crippen LogP contribution in [0.4, 0.5) is 0 Å². The Hall–Kier alpha value is -0.950. The number of hydrogen-bond acceptors (Lipinski definition) is 4. The summed E-state index contributed by atoms with van der Waals surface area (Å²) in [5.41, 5.74) is 6.80. The van der Waals surface area contributed by atoms with E-state index in [0.717, 1.165) is 24.8 Å². The smallest absolute Gasteiger partial charge is 0.240 e. The number of hydrogen-bond donors (Lipinski definition) is 2. The fourth-order valence-electron chi connectivity index (χ4n) is 2.29. The van der Waals surface area contributed by atoms with E-state index in [1.54, 1.807) is 25.3 Å². The van der Waals surface area contributed by atoms with Crippen LogP contribution in [0.5, 0.6) is 0 Å². The fraction of sp³-hybridized carbons (Fsp3) is 0.571. The number of methoxy groups -OCH3 is 1. The second-order valence-electron chi connectivity index (χ2n) is 5.23. The van der Waals surface area contributed by atoms with Gasteiger partial charge in [0.05, 0.1) is 11.0 Å². The van der Waals surface area contributed by atoms with Crippen molar-refractivity contribution in [2.24, 2.45) is 5.73 Å². The van der Waals surface area contributed by atoms with Gasteiger partial charge in [-0.1, -0.05) is 19.1 Å². The van der Waals surface area contributed by atoms with E-state index in [1.807, 2.05) is 13.0 Å². The number of rotatable bonds is 6. The van der Waals surface area contributed by atoms with Crippen LogP contribution in [0.25, 0.3) is 0 Å². The number of nitrogens with one attached hydrogen (secondary N) is 1. The highest BCUT2D eigenvalue weighted by Crippen LogP contribution is 2.25. The first-order valence-electron chi connectivity index (χ1n) is 6.87. The Labute approximate surface area is 120 Å². The average Bonchev–Trinajstić information content (AvgIpc) is 2.41. The molecule has 1 saturated carbocycles. The summed E-state index contributed by atoms with van der Waals surface area (Å²) in [5.74, 6) is 0. The summed E-state index contributed by atoms with van der Waals surface area (Å²) in [5, 5.41) is 0. The normalized spacial score (nSPS) is 24.1. The Balaban J connectivity index is 2.09. The van der Waals surface area contributed by atoms with Gasteiger partial charge in [-0.25, -0.2) is 13.1 Å². The SMILES string of the molecule is CCC(N)c1cccc(S(=O)(=O)NC2CC(OC)C2)c1. The molecule has 0 spiro atoms. The van der Waals surface area contributed by atoms with Crippen LogP contribution in [0.2, 0.25) is 0 Å². The minimum Gasteiger partial charge on any atom is -0.381 e. The molecule has 1 aliphatic carbocycles. The van der Waals surface area contributed by atoms with Gasteiger partial charge in [-0.05, 0) is 37.0 Å². The van der Waals surface area contributed by atoms with Crippen LogP contribution in [0, 0.1) is 0 Å². The first-order valence-corrected chi connectivity index (χ1v) is 8.35. The average molecular weight is 298 g/mol. The number of nitrogens with two attached hydrogens (primary N) is 1. The lowest BCUT2D eigenvalue weighted by Gasteiger charge is -2.34. The quantitative estimate of drug-likeness (QED) is 0.835. The van der Waals surface area contributed by atoms with Crippen molar-refractivity contribution in [3.8, 4) is 0 Å². The zero-order valence-electron chi connectivity index (χ0n) is 11.9. The van der Waals surface area contributed by atoms with Crippen LogP contribution in [-0.4, -0.2) is 27.7 Å². The standard InChI is InChI=1S/C14H22N2O3S/c1-3-14(15)10-5-4-6-13(7-10)20(17,18)16-11-8-12(9-11)19-2/h4-7,11-12,14,16H,3,8-9,15H2,1-2H3. The minimum absolute atomic E-state index is 0.0338. The molecule has 3 N–H and O–H groups in total. The van der Waals surface area contributed by atoms with Crippen LogP contribution in [0.1, 0.15) is 37.8 Å². The Bertz CT molecular complexity index is 553. The molecular weight excluding hydrogens is 276 g/mol. The van der Waals surface area contributed by atoms with Crippen molar-refractivity contribution in [3.05, 3.63) is 29.8 Å². The van der Waals surface area contributed by atoms with Crippen molar-refractivity contribution in [1.29, 1.82) is 0 Å². The molecule has 2 rings (SSSR count). The first kappa shape index (κ1) is 15.4. The van der Waals surface area contributed by atoms with Gasteiger partial charge in [0.25, 0.3) is 0 Å². The second-order valence-corrected chi connectivity index (χ2v) is 6.95. The van der Waals surface area contributed by atoms with Crippen molar-refractivity contribution < 1.29 is 13.2 Å². The topological polar surface area (TPSA) is 81.4 Å². The van der Waals surface area contributed by atoms with Gasteiger partial charge in [-0.2, -0.15) is 0 Å². The maximum atomic E-state index is 12.3. The summed E-state index contributed by atoms with van der Waals surface area (Å²) in [6.45, 7) is 1.98. The van der Waals surface area contributed by atoms with Crippen molar-refractivity contribution in [1.82, 2.24) is 4.72 Å². The zero-order valence-corrected chi connectivity index (χ0v) is 12.7. The molecule has 0 aromatic heterocycles. The van der Waals surface area contributed by atoms with Crippen LogP contribution in [0.15, 0.2) is 29.2 Å². The molecule has 1 aliphatic rings. The van der Waals surface area contributed by atoms with Gasteiger partial charge in [-0.15, -0.1) is 0 Å². The van der Waals surface area contributed by atoms with Crippen LogP contribution in [-0.2, 0) is 14.8 Å². The molecule has 1 aromatic carbocycles. The van der Waals surface area contributed by atoms with Crippen LogP contribution < -0.4 is 10.5 Å². The third-order valence-corrected chi connectivity index (χ3v) is 5.30. The summed E-state index contributed by atoms with van der Waals surface area (Å²) in [7, 11) is -1.83. The van der Waals surface area contributed by atoms with Gasteiger partial charge in [0, 0.05) is 19.2 Å². The molecule has 20 heavy (non-hydrogen) atoms. The molecule has 0 bridgehead atoms. The first-order chi connectivity index (χ1) is 9.46. The predicted octanol–water partition coefficient (Wildman–Crippen LogP) is 1.55. The largest absolute Gasteiger partial charge is 0.381 e. The zero-order chi connectivity index (χ0) is 14.8. The second kappa shape index (κ2) is 6.22. The summed E-state index contributed by atoms with van der Waals surface area (Å²) in [6, 6.07) is 6.68. The van der Waals surface area contributed by atoms with Crippen molar-refractivity contribution in [2.75, 3.05) is 7.11 Å². The molecule has 0 saturated heterocycles. The highest BCUT2D eigenvalue weighted by atomic mass is 32.2. The van der Waals surface area contributed by atoms with Gasteiger partial charge in [-0.3, -0.25) is 0 Å². The van der Waals surface area contributed by atoms with Gasteiger partial charge in [0.15, 0.2) is 0 Å². The summed E-state index contributed by atoms with van der Waals surface area (Å²) < 4.78 is 32.5. The third kappa shape index (κ3) is 3.38. The van der Waals surface area contributed by atoms with Gasteiger partial charge in [0.1, 0.15) is 0 Å². The summed E-state index contributed by atoms with van der Waals surface area (Å²) in [6.07, 6.45) is 2.39. The Morgan fingerprint density at radius 1 is 1.45 bits per heavy atom. The van der Waals surface area contributed by atoms with Crippen LogP contribution >= 0.6 is 0 Å². The maximum absolute atomic E-state index is 12.3. The molecule has 0 aliphatic heterocycles. The number of benzene rings is 1. The lowest BCUT2D eigenvalue weighted by Crippen LogP contribution is -2.47. The summed E-state index contributed by atoms with van der Waals surface area (Å²) in [4.78, 5) is 0.278. The highest BCUT2D eigenvalue weighted by molar-refractivity contribution is 7.89. The molecule has 1 atom stereocenters. The highest BCUT2D eigenvalue weighted by Gasteiger charge is 2.32. The van der Waals surface area contributed by atoms with E-state index in [4.69, 9.17) is 10.5 Å². The van der Waals surface area contributed by atoms with Crippen molar-refractivity contribution >= 4 is 10.0 Å². The molecule has 0 radical (unpaired) electrons. The predicted molar refractivity (Wildman–Crippen MR) is 77.8 cm³/mol. The van der Waals surface area contributed by atoms with Gasteiger partial charge >= 0.3 is 0 Å². The molecule has 5 nitrogen and oxygen atoms in total. The lowest BCUT2D eigenvalue weighted by molar-refractivity contribution is 0.0236. The molecular formula is C14H22N2O3S. The van der Waals surface area contributed by atoms with Crippen LogP contribution in [0.3, 0.4) is 0 Å². The molecule has 1 unspecified atom stereocenters. The molecule has 112 valence electrons. The van der Waals surface area contributed by atoms with E-state index in [0.29, 0.717) is 0 Å². The lowest BCUT2D eigenvalue weighted by atomic mass is 9.90. The Morgan fingerprint density at radius 3 is 2.75 bits per heavy atom. The van der Waals surface area contributed by atoms with E-state index in [9.17, 15) is 8.42 Å². The molecule has 6 heteroatoms. The molecule has 1 fully saturated rings. The van der Waals surface area contributed by atoms with E-state index in [-0.39, 0.29) is 23.1 Å². The van der Waals surface area contributed by atoms with Gasteiger partial charge < -0.3 is 10.5 Å². The molecule has 0 heterocycles. The van der Waals surface area contributed by atoms with Gasteiger partial charge in [0.2, 0.25) is 10.0 Å². The van der Waals surface area contributed by atoms with E-state index in [1.165, 1.54) is 0 Å². The maximum Gasteiger partial charge on any atom is 0.240 e. The molecule has 0 amide bonds. The van der Waals surface area contributed by atoms with Crippen molar-refractivity contribution in [3.63, 3.8) is 0 Å². The van der Waals surface area contributed by atoms with Crippen molar-refractivity contribution in [2.45, 2.75) is 49.3 Å². The van der Waals surface area contributed by atoms with E-state index in [2.05, 4.69) is 4.72 Å². The Morgan fingerprint density at radius 2 is 2.15 bits per heavy atom. The van der Waals surface area contributed by atoms with E-state index >= 15 is 0 Å². The minimum atomic E-state index is -3.48.